The van der Waals surface area contributed by atoms with E-state index in [0.717, 1.165) is 27.9 Å². The molecule has 0 radical (unpaired) electrons. The number of carbonyl (C=O) groups excluding carboxylic acids is 1. The molecule has 0 amide bonds. The van der Waals surface area contributed by atoms with E-state index in [9.17, 15) is 9.18 Å². The van der Waals surface area contributed by atoms with Crippen molar-refractivity contribution in [2.24, 2.45) is 0 Å². The van der Waals surface area contributed by atoms with Gasteiger partial charge in [0, 0.05) is 31.8 Å². The van der Waals surface area contributed by atoms with Crippen molar-refractivity contribution in [3.05, 3.63) is 45.4 Å². The van der Waals surface area contributed by atoms with Gasteiger partial charge in [0.05, 0.1) is 5.69 Å². The zero-order valence-electron chi connectivity index (χ0n) is 10.6. The molecule has 3 rings (SSSR count). The SMILES string of the molecule is Cc1cc(-c2[nH]c3ccc(F)cc3c2C=O)c(C)s1. The van der Waals surface area contributed by atoms with Gasteiger partial charge >= 0.3 is 0 Å². The zero-order valence-corrected chi connectivity index (χ0v) is 11.4. The number of aromatic amines is 1. The second-order valence-electron chi connectivity index (χ2n) is 4.55. The third-order valence-corrected chi connectivity index (χ3v) is 4.19. The Morgan fingerprint density at radius 3 is 2.68 bits per heavy atom. The summed E-state index contributed by atoms with van der Waals surface area (Å²) in [6.45, 7) is 4.05. The minimum Gasteiger partial charge on any atom is -0.354 e. The van der Waals surface area contributed by atoms with Crippen LogP contribution in [0.4, 0.5) is 4.39 Å². The number of hydrogen-bond acceptors (Lipinski definition) is 2. The van der Waals surface area contributed by atoms with Crippen LogP contribution >= 0.6 is 11.3 Å². The number of carbonyl (C=O) groups is 1. The van der Waals surface area contributed by atoms with Gasteiger partial charge in [0.15, 0.2) is 6.29 Å². The Morgan fingerprint density at radius 2 is 2.05 bits per heavy atom. The summed E-state index contributed by atoms with van der Waals surface area (Å²) in [5, 5.41) is 0.633. The molecular formula is C15H12FNOS. The van der Waals surface area contributed by atoms with E-state index in [1.165, 1.54) is 17.0 Å². The Labute approximate surface area is 113 Å². The summed E-state index contributed by atoms with van der Waals surface area (Å²) in [5.41, 5.74) is 3.09. The van der Waals surface area contributed by atoms with Crippen LogP contribution in [0.2, 0.25) is 0 Å². The summed E-state index contributed by atoms with van der Waals surface area (Å²) in [6, 6.07) is 6.50. The number of nitrogens with one attached hydrogen (secondary N) is 1. The van der Waals surface area contributed by atoms with Crippen LogP contribution in [0.15, 0.2) is 24.3 Å². The molecule has 0 aliphatic carbocycles. The summed E-state index contributed by atoms with van der Waals surface area (Å²) in [7, 11) is 0. The summed E-state index contributed by atoms with van der Waals surface area (Å²) < 4.78 is 13.3. The number of rotatable bonds is 2. The molecule has 1 aromatic carbocycles. The minimum absolute atomic E-state index is 0.334. The molecule has 0 unspecified atom stereocenters. The maximum Gasteiger partial charge on any atom is 0.152 e. The van der Waals surface area contributed by atoms with Crippen LogP contribution < -0.4 is 0 Å². The molecule has 96 valence electrons. The average molecular weight is 273 g/mol. The van der Waals surface area contributed by atoms with Gasteiger partial charge in [0.25, 0.3) is 0 Å². The van der Waals surface area contributed by atoms with Crippen molar-refractivity contribution in [1.29, 1.82) is 0 Å². The molecule has 0 atom stereocenters. The van der Waals surface area contributed by atoms with E-state index in [4.69, 9.17) is 0 Å². The second-order valence-corrected chi connectivity index (χ2v) is 6.01. The molecule has 2 heterocycles. The average Bonchev–Trinajstić information content (AvgIpc) is 2.88. The molecule has 3 aromatic rings. The number of aryl methyl sites for hydroxylation is 2. The first-order valence-corrected chi connectivity index (χ1v) is 6.75. The third kappa shape index (κ3) is 1.88. The lowest BCUT2D eigenvalue weighted by Gasteiger charge is -1.97. The lowest BCUT2D eigenvalue weighted by molar-refractivity contribution is 0.112. The van der Waals surface area contributed by atoms with Crippen molar-refractivity contribution in [3.63, 3.8) is 0 Å². The van der Waals surface area contributed by atoms with Gasteiger partial charge in [-0.3, -0.25) is 4.79 Å². The van der Waals surface area contributed by atoms with Gasteiger partial charge in [0.1, 0.15) is 5.82 Å². The fourth-order valence-corrected chi connectivity index (χ4v) is 3.33. The van der Waals surface area contributed by atoms with Crippen LogP contribution in [0.1, 0.15) is 20.1 Å². The Morgan fingerprint density at radius 1 is 1.26 bits per heavy atom. The van der Waals surface area contributed by atoms with E-state index in [0.29, 0.717) is 10.9 Å². The number of aromatic nitrogens is 1. The van der Waals surface area contributed by atoms with E-state index in [1.54, 1.807) is 17.4 Å². The third-order valence-electron chi connectivity index (χ3n) is 3.23. The number of hydrogen-bond donors (Lipinski definition) is 1. The highest BCUT2D eigenvalue weighted by Gasteiger charge is 2.16. The first-order valence-electron chi connectivity index (χ1n) is 5.94. The lowest BCUT2D eigenvalue weighted by Crippen LogP contribution is -1.84. The Bertz CT molecular complexity index is 785. The number of H-pyrrole nitrogens is 1. The standard InChI is InChI=1S/C15H12FNOS/c1-8-5-11(9(2)19-8)15-13(7-18)12-6-10(16)3-4-14(12)17-15/h3-7,17H,1-2H3. The molecule has 0 spiro atoms. The van der Waals surface area contributed by atoms with Crippen LogP contribution in [0.3, 0.4) is 0 Å². The summed E-state index contributed by atoms with van der Waals surface area (Å²) >= 11 is 1.69. The second kappa shape index (κ2) is 4.31. The van der Waals surface area contributed by atoms with E-state index in [2.05, 4.69) is 4.98 Å². The highest BCUT2D eigenvalue weighted by molar-refractivity contribution is 7.12. The lowest BCUT2D eigenvalue weighted by atomic mass is 10.1. The van der Waals surface area contributed by atoms with Gasteiger partial charge in [-0.1, -0.05) is 0 Å². The summed E-state index contributed by atoms with van der Waals surface area (Å²) in [6.07, 6.45) is 0.792. The fourth-order valence-electron chi connectivity index (χ4n) is 2.40. The quantitative estimate of drug-likeness (QED) is 0.687. The van der Waals surface area contributed by atoms with Crippen LogP contribution in [0, 0.1) is 19.7 Å². The predicted octanol–water partition coefficient (Wildman–Crippen LogP) is 4.46. The highest BCUT2D eigenvalue weighted by atomic mass is 32.1. The number of fused-ring (bicyclic) bond motifs is 1. The van der Waals surface area contributed by atoms with Crippen molar-refractivity contribution < 1.29 is 9.18 Å². The number of benzene rings is 1. The largest absolute Gasteiger partial charge is 0.354 e. The number of aldehydes is 1. The maximum atomic E-state index is 13.3. The van der Waals surface area contributed by atoms with Crippen LogP contribution in [0.25, 0.3) is 22.2 Å². The van der Waals surface area contributed by atoms with Gasteiger partial charge in [-0.2, -0.15) is 0 Å². The first-order chi connectivity index (χ1) is 9.10. The van der Waals surface area contributed by atoms with Crippen LogP contribution in [-0.2, 0) is 0 Å². The fraction of sp³-hybridized carbons (Fsp3) is 0.133. The van der Waals surface area contributed by atoms with Crippen molar-refractivity contribution in [1.82, 2.24) is 4.98 Å². The van der Waals surface area contributed by atoms with Crippen molar-refractivity contribution in [3.8, 4) is 11.3 Å². The molecule has 4 heteroatoms. The topological polar surface area (TPSA) is 32.9 Å². The van der Waals surface area contributed by atoms with E-state index >= 15 is 0 Å². The summed E-state index contributed by atoms with van der Waals surface area (Å²) in [4.78, 5) is 16.9. The van der Waals surface area contributed by atoms with Gasteiger partial charge in [-0.05, 0) is 38.1 Å². The highest BCUT2D eigenvalue weighted by Crippen LogP contribution is 2.35. The first kappa shape index (κ1) is 12.1. The van der Waals surface area contributed by atoms with Crippen molar-refractivity contribution >= 4 is 28.5 Å². The molecular weight excluding hydrogens is 261 g/mol. The molecule has 2 aromatic heterocycles. The van der Waals surface area contributed by atoms with Crippen molar-refractivity contribution in [2.75, 3.05) is 0 Å². The number of thiophene rings is 1. The molecule has 0 aliphatic rings. The normalized spacial score (nSPS) is 11.1. The Kier molecular flexibility index (Phi) is 2.75. The van der Waals surface area contributed by atoms with Gasteiger partial charge in [-0.25, -0.2) is 4.39 Å². The van der Waals surface area contributed by atoms with E-state index < -0.39 is 0 Å². The monoisotopic (exact) mass is 273 g/mol. The molecule has 0 aliphatic heterocycles. The minimum atomic E-state index is -0.334. The summed E-state index contributed by atoms with van der Waals surface area (Å²) in [5.74, 6) is -0.334. The molecule has 0 saturated heterocycles. The Hall–Kier alpha value is -1.94. The smallest absolute Gasteiger partial charge is 0.152 e. The molecule has 0 saturated carbocycles. The van der Waals surface area contributed by atoms with Gasteiger partial charge < -0.3 is 4.98 Å². The molecule has 1 N–H and O–H groups in total. The predicted molar refractivity (Wildman–Crippen MR) is 76.4 cm³/mol. The van der Waals surface area contributed by atoms with Crippen LogP contribution in [-0.4, -0.2) is 11.3 Å². The van der Waals surface area contributed by atoms with E-state index in [-0.39, 0.29) is 5.82 Å². The van der Waals surface area contributed by atoms with Gasteiger partial charge in [-0.15, -0.1) is 11.3 Å². The van der Waals surface area contributed by atoms with Gasteiger partial charge in [0.2, 0.25) is 0 Å². The zero-order chi connectivity index (χ0) is 13.6. The molecule has 0 bridgehead atoms. The van der Waals surface area contributed by atoms with Crippen molar-refractivity contribution in [2.45, 2.75) is 13.8 Å². The maximum absolute atomic E-state index is 13.3. The Balaban J connectivity index is 2.35. The van der Waals surface area contributed by atoms with Crippen LogP contribution in [0.5, 0.6) is 0 Å². The molecule has 19 heavy (non-hydrogen) atoms. The number of halogens is 1. The molecule has 0 fully saturated rings. The molecule has 2 nitrogen and oxygen atoms in total. The van der Waals surface area contributed by atoms with E-state index in [1.807, 2.05) is 19.9 Å².